The summed E-state index contributed by atoms with van der Waals surface area (Å²) >= 11 is 0. The third kappa shape index (κ3) is 3.47. The van der Waals surface area contributed by atoms with Crippen LogP contribution in [-0.2, 0) is 0 Å². The molecule has 0 N–H and O–H groups in total. The third-order valence-electron chi connectivity index (χ3n) is 9.44. The van der Waals surface area contributed by atoms with E-state index in [0.717, 1.165) is 6.42 Å². The van der Waals surface area contributed by atoms with Gasteiger partial charge in [0.05, 0.1) is 6.33 Å². The van der Waals surface area contributed by atoms with E-state index in [1.54, 1.807) is 0 Å². The zero-order valence-corrected chi connectivity index (χ0v) is 21.6. The highest BCUT2D eigenvalue weighted by Crippen LogP contribution is 2.74. The van der Waals surface area contributed by atoms with Crippen LogP contribution in [0.3, 0.4) is 0 Å². The van der Waals surface area contributed by atoms with Crippen molar-refractivity contribution < 1.29 is 0 Å². The van der Waals surface area contributed by atoms with E-state index in [9.17, 15) is 0 Å². The summed E-state index contributed by atoms with van der Waals surface area (Å²) in [5.41, 5.74) is 3.71. The molecule has 1 aliphatic rings. The third-order valence-corrected chi connectivity index (χ3v) is 9.44. The Kier molecular flexibility index (Phi) is 5.94. The highest BCUT2D eigenvalue weighted by Gasteiger charge is 2.68. The van der Waals surface area contributed by atoms with E-state index in [-0.39, 0.29) is 27.2 Å². The summed E-state index contributed by atoms with van der Waals surface area (Å²) in [5, 5.41) is 0. The van der Waals surface area contributed by atoms with Crippen molar-refractivity contribution in [2.45, 2.75) is 108 Å². The molecule has 1 heterocycles. The lowest BCUT2D eigenvalue weighted by molar-refractivity contribution is -0.0360. The fourth-order valence-electron chi connectivity index (χ4n) is 5.85. The molecule has 1 fully saturated rings. The first kappa shape index (κ1) is 24.0. The summed E-state index contributed by atoms with van der Waals surface area (Å²) in [6.07, 6.45) is 8.38. The Morgan fingerprint density at radius 3 is 2.03 bits per heavy atom. The van der Waals surface area contributed by atoms with Crippen LogP contribution in [0.4, 0.5) is 0 Å². The number of hydrogen-bond acceptors (Lipinski definition) is 2. The molecule has 166 valence electrons. The quantitative estimate of drug-likeness (QED) is 0.477. The molecule has 1 aromatic heterocycles. The fourth-order valence-corrected chi connectivity index (χ4v) is 5.85. The van der Waals surface area contributed by atoms with E-state index in [2.05, 4.69) is 111 Å². The Morgan fingerprint density at radius 2 is 1.66 bits per heavy atom. The van der Waals surface area contributed by atoms with Crippen molar-refractivity contribution in [2.24, 2.45) is 21.7 Å². The van der Waals surface area contributed by atoms with Crippen LogP contribution in [0.2, 0.25) is 0 Å². The fraction of sp³-hybridized carbons (Fsp3) is 0.808. The van der Waals surface area contributed by atoms with Gasteiger partial charge >= 0.3 is 0 Å². The molecule has 0 aliphatic heterocycles. The molecule has 0 saturated heterocycles. The van der Waals surface area contributed by atoms with Crippen LogP contribution in [-0.4, -0.2) is 27.0 Å². The van der Waals surface area contributed by atoms with Gasteiger partial charge in [0.1, 0.15) is 0 Å². The zero-order chi connectivity index (χ0) is 22.6. The molecule has 0 aromatic carbocycles. The van der Waals surface area contributed by atoms with Gasteiger partial charge in [-0.1, -0.05) is 61.0 Å². The zero-order valence-electron chi connectivity index (χ0n) is 21.6. The Bertz CT molecular complexity index is 743. The van der Waals surface area contributed by atoms with Crippen LogP contribution in [0.15, 0.2) is 30.0 Å². The minimum atomic E-state index is 0.0150. The van der Waals surface area contributed by atoms with E-state index in [4.69, 9.17) is 0 Å². The maximum Gasteiger partial charge on any atom is 0.0948 e. The molecule has 3 nitrogen and oxygen atoms in total. The second kappa shape index (κ2) is 7.17. The predicted molar refractivity (Wildman–Crippen MR) is 126 cm³/mol. The van der Waals surface area contributed by atoms with E-state index in [1.165, 1.54) is 17.7 Å². The summed E-state index contributed by atoms with van der Waals surface area (Å²) in [7, 11) is 2.33. The molecule has 3 unspecified atom stereocenters. The van der Waals surface area contributed by atoms with E-state index in [0.29, 0.717) is 6.04 Å². The number of hydrogen-bond donors (Lipinski definition) is 0. The van der Waals surface area contributed by atoms with Crippen LogP contribution in [0.1, 0.15) is 102 Å². The Morgan fingerprint density at radius 1 is 1.10 bits per heavy atom. The number of aromatic nitrogens is 2. The molecule has 0 spiro atoms. The average Bonchev–Trinajstić information content (AvgIpc) is 2.93. The highest BCUT2D eigenvalue weighted by atomic mass is 15.2. The van der Waals surface area contributed by atoms with Gasteiger partial charge in [-0.3, -0.25) is 0 Å². The molecule has 2 rings (SSSR count). The van der Waals surface area contributed by atoms with E-state index >= 15 is 0 Å². The number of rotatable bonds is 7. The van der Waals surface area contributed by atoms with Gasteiger partial charge in [0.15, 0.2) is 0 Å². The predicted octanol–water partition coefficient (Wildman–Crippen LogP) is 7.33. The molecule has 3 atom stereocenters. The standard InChI is InChI=1S/C26H47N3/c1-14-20(29-16-15-27-18-29)25(11)17-26(25,12)21(19(2)3)28(13)24(9,10)23(7,8)22(4,5)6/h15-16,18,20H,14,17H2,1-13H3. The minimum absolute atomic E-state index is 0.0150. The summed E-state index contributed by atoms with van der Waals surface area (Å²) in [6.45, 7) is 28.7. The van der Waals surface area contributed by atoms with Crippen LogP contribution in [0, 0.1) is 21.7 Å². The molecule has 3 heteroatoms. The minimum Gasteiger partial charge on any atom is -0.372 e. The highest BCUT2D eigenvalue weighted by molar-refractivity contribution is 5.34. The van der Waals surface area contributed by atoms with Crippen LogP contribution in [0.5, 0.6) is 0 Å². The van der Waals surface area contributed by atoms with Crippen molar-refractivity contribution in [2.75, 3.05) is 7.05 Å². The SMILES string of the molecule is CCC(n1ccnc1)C1(C)CC1(C)C(=C(C)C)N(C)C(C)(C)C(C)(C)C(C)(C)C. The molecular weight excluding hydrogens is 354 g/mol. The summed E-state index contributed by atoms with van der Waals surface area (Å²) in [4.78, 5) is 6.96. The normalized spacial score (nSPS) is 26.2. The van der Waals surface area contributed by atoms with Crippen molar-refractivity contribution in [3.05, 3.63) is 30.0 Å². The molecular formula is C26H47N3. The van der Waals surface area contributed by atoms with Crippen molar-refractivity contribution >= 4 is 0 Å². The van der Waals surface area contributed by atoms with Gasteiger partial charge in [0, 0.05) is 47.5 Å². The Balaban J connectivity index is 2.50. The van der Waals surface area contributed by atoms with E-state index < -0.39 is 0 Å². The summed E-state index contributed by atoms with van der Waals surface area (Å²) in [6, 6.07) is 0.469. The molecule has 1 saturated carbocycles. The van der Waals surface area contributed by atoms with E-state index in [1.807, 2.05) is 12.5 Å². The lowest BCUT2D eigenvalue weighted by Gasteiger charge is -2.57. The van der Waals surface area contributed by atoms with Gasteiger partial charge < -0.3 is 9.47 Å². The molecule has 1 aromatic rings. The van der Waals surface area contributed by atoms with Gasteiger partial charge in [-0.15, -0.1) is 0 Å². The number of allylic oxidation sites excluding steroid dienone is 2. The second-order valence-electron chi connectivity index (χ2n) is 12.2. The van der Waals surface area contributed by atoms with Gasteiger partial charge in [-0.25, -0.2) is 4.98 Å². The van der Waals surface area contributed by atoms with Crippen LogP contribution < -0.4 is 0 Å². The summed E-state index contributed by atoms with van der Waals surface area (Å²) in [5.74, 6) is 0. The van der Waals surface area contributed by atoms with Gasteiger partial charge in [-0.2, -0.15) is 0 Å². The number of nitrogens with zero attached hydrogens (tertiary/aromatic N) is 3. The molecule has 0 bridgehead atoms. The van der Waals surface area contributed by atoms with Crippen molar-refractivity contribution in [3.63, 3.8) is 0 Å². The average molecular weight is 402 g/mol. The second-order valence-corrected chi connectivity index (χ2v) is 12.2. The van der Waals surface area contributed by atoms with Crippen LogP contribution >= 0.6 is 0 Å². The first-order valence-electron chi connectivity index (χ1n) is 11.4. The topological polar surface area (TPSA) is 21.1 Å². The van der Waals surface area contributed by atoms with Crippen molar-refractivity contribution in [3.8, 4) is 0 Å². The van der Waals surface area contributed by atoms with Crippen LogP contribution in [0.25, 0.3) is 0 Å². The first-order valence-corrected chi connectivity index (χ1v) is 11.4. The van der Waals surface area contributed by atoms with Gasteiger partial charge in [-0.05, 0) is 51.4 Å². The molecule has 0 radical (unpaired) electrons. The largest absolute Gasteiger partial charge is 0.372 e. The van der Waals surface area contributed by atoms with Gasteiger partial charge in [0.25, 0.3) is 0 Å². The lowest BCUT2D eigenvalue weighted by atomic mass is 9.58. The monoisotopic (exact) mass is 401 g/mol. The summed E-state index contributed by atoms with van der Waals surface area (Å²) < 4.78 is 2.33. The smallest absolute Gasteiger partial charge is 0.0948 e. The Labute approximate surface area is 181 Å². The molecule has 29 heavy (non-hydrogen) atoms. The van der Waals surface area contributed by atoms with Crippen molar-refractivity contribution in [1.82, 2.24) is 14.5 Å². The molecule has 1 aliphatic carbocycles. The van der Waals surface area contributed by atoms with Gasteiger partial charge in [0.2, 0.25) is 0 Å². The Hall–Kier alpha value is -1.25. The molecule has 0 amide bonds. The van der Waals surface area contributed by atoms with Crippen molar-refractivity contribution in [1.29, 1.82) is 0 Å². The number of imidazole rings is 1. The first-order chi connectivity index (χ1) is 13.0. The lowest BCUT2D eigenvalue weighted by Crippen LogP contribution is -2.57. The maximum absolute atomic E-state index is 4.33. The maximum atomic E-state index is 4.33.